The molecule has 0 atom stereocenters. The molecule has 1 saturated heterocycles. The Morgan fingerprint density at radius 2 is 1.88 bits per heavy atom. The van der Waals surface area contributed by atoms with Gasteiger partial charge in [0.05, 0.1) is 11.4 Å². The van der Waals surface area contributed by atoms with Crippen LogP contribution in [-0.4, -0.2) is 29.0 Å². The predicted molar refractivity (Wildman–Crippen MR) is 63.8 cm³/mol. The first-order valence-electron chi connectivity index (χ1n) is 5.58. The summed E-state index contributed by atoms with van der Waals surface area (Å²) in [5, 5.41) is 1.80. The summed E-state index contributed by atoms with van der Waals surface area (Å²) >= 11 is 1.33. The monoisotopic (exact) mass is 251 g/mol. The highest BCUT2D eigenvalue weighted by Crippen LogP contribution is 2.15. The van der Waals surface area contributed by atoms with Crippen molar-refractivity contribution in [2.45, 2.75) is 25.7 Å². The highest BCUT2D eigenvalue weighted by Gasteiger charge is 2.26. The van der Waals surface area contributed by atoms with Crippen LogP contribution in [0.3, 0.4) is 0 Å². The quantitative estimate of drug-likeness (QED) is 0.608. The Labute approximate surface area is 103 Å². The van der Waals surface area contributed by atoms with Gasteiger partial charge in [-0.25, -0.2) is 0 Å². The molecule has 0 spiro atoms. The number of thiophene rings is 1. The molecule has 4 nitrogen and oxygen atoms in total. The lowest BCUT2D eigenvalue weighted by molar-refractivity contribution is -0.143. The summed E-state index contributed by atoms with van der Waals surface area (Å²) in [7, 11) is 0. The van der Waals surface area contributed by atoms with E-state index in [0.717, 1.165) is 17.7 Å². The summed E-state index contributed by atoms with van der Waals surface area (Å²) in [4.78, 5) is 36.9. The zero-order valence-corrected chi connectivity index (χ0v) is 10.2. The summed E-state index contributed by atoms with van der Waals surface area (Å²) in [6.07, 6.45) is 2.19. The second-order valence-corrected chi connectivity index (χ2v) is 4.93. The van der Waals surface area contributed by atoms with E-state index >= 15 is 0 Å². The summed E-state index contributed by atoms with van der Waals surface area (Å²) < 4.78 is 0. The molecule has 0 N–H and O–H groups in total. The van der Waals surface area contributed by atoms with Gasteiger partial charge in [-0.15, -0.1) is 11.3 Å². The minimum absolute atomic E-state index is 0.113. The van der Waals surface area contributed by atoms with Crippen molar-refractivity contribution in [3.63, 3.8) is 0 Å². The van der Waals surface area contributed by atoms with Gasteiger partial charge in [-0.05, 0) is 24.3 Å². The van der Waals surface area contributed by atoms with E-state index in [1.807, 2.05) is 0 Å². The van der Waals surface area contributed by atoms with Gasteiger partial charge < -0.3 is 0 Å². The first kappa shape index (κ1) is 12.0. The van der Waals surface area contributed by atoms with E-state index in [-0.39, 0.29) is 24.1 Å². The Balaban J connectivity index is 2.08. The van der Waals surface area contributed by atoms with Gasteiger partial charge in [0.25, 0.3) is 0 Å². The van der Waals surface area contributed by atoms with Crippen LogP contribution in [-0.2, 0) is 9.59 Å². The van der Waals surface area contributed by atoms with Crippen LogP contribution < -0.4 is 0 Å². The van der Waals surface area contributed by atoms with E-state index in [9.17, 15) is 14.4 Å². The number of carbonyl (C=O) groups is 3. The third kappa shape index (κ3) is 2.79. The van der Waals surface area contributed by atoms with Gasteiger partial charge in [-0.2, -0.15) is 0 Å². The maximum absolute atomic E-state index is 11.8. The Bertz CT molecular complexity index is 421. The Kier molecular flexibility index (Phi) is 3.68. The molecule has 2 heterocycles. The predicted octanol–water partition coefficient (Wildman–Crippen LogP) is 1.86. The smallest absolute Gasteiger partial charge is 0.229 e. The van der Waals surface area contributed by atoms with Crippen LogP contribution in [0.2, 0.25) is 0 Å². The van der Waals surface area contributed by atoms with Crippen molar-refractivity contribution in [3.8, 4) is 0 Å². The van der Waals surface area contributed by atoms with Gasteiger partial charge in [0.2, 0.25) is 11.8 Å². The molecule has 1 aromatic rings. The van der Waals surface area contributed by atoms with E-state index in [0.29, 0.717) is 17.7 Å². The van der Waals surface area contributed by atoms with Crippen LogP contribution in [0, 0.1) is 0 Å². The highest BCUT2D eigenvalue weighted by atomic mass is 32.1. The topological polar surface area (TPSA) is 54.5 Å². The first-order valence-corrected chi connectivity index (χ1v) is 6.46. The largest absolute Gasteiger partial charge is 0.291 e. The lowest BCUT2D eigenvalue weighted by Gasteiger charge is -2.17. The molecule has 0 radical (unpaired) electrons. The van der Waals surface area contributed by atoms with E-state index in [1.165, 1.54) is 11.3 Å². The molecule has 1 aromatic heterocycles. The molecular formula is C12H13NO3S. The lowest BCUT2D eigenvalue weighted by atomic mass is 10.2. The maximum atomic E-state index is 11.8. The zero-order valence-electron chi connectivity index (χ0n) is 9.35. The fraction of sp³-hybridized carbons (Fsp3) is 0.417. The molecule has 0 bridgehead atoms. The van der Waals surface area contributed by atoms with E-state index in [1.54, 1.807) is 17.5 Å². The normalized spacial score (nSPS) is 17.1. The lowest BCUT2D eigenvalue weighted by Crippen LogP contribution is -2.39. The maximum Gasteiger partial charge on any atom is 0.229 e. The van der Waals surface area contributed by atoms with Crippen LogP contribution in [0.25, 0.3) is 0 Å². The molecule has 2 amide bonds. The Hall–Kier alpha value is -1.49. The Morgan fingerprint density at radius 1 is 1.24 bits per heavy atom. The zero-order chi connectivity index (χ0) is 12.3. The number of hydrogen-bond donors (Lipinski definition) is 0. The number of hydrogen-bond acceptors (Lipinski definition) is 4. The fourth-order valence-electron chi connectivity index (χ4n) is 1.80. The second-order valence-electron chi connectivity index (χ2n) is 3.98. The van der Waals surface area contributed by atoms with Gasteiger partial charge in [0, 0.05) is 12.8 Å². The minimum Gasteiger partial charge on any atom is -0.291 e. The molecule has 1 fully saturated rings. The van der Waals surface area contributed by atoms with Crippen molar-refractivity contribution < 1.29 is 14.4 Å². The molecular weight excluding hydrogens is 238 g/mol. The van der Waals surface area contributed by atoms with Gasteiger partial charge >= 0.3 is 0 Å². The summed E-state index contributed by atoms with van der Waals surface area (Å²) in [5.74, 6) is -0.613. The number of imide groups is 1. The number of likely N-dealkylation sites (tertiary alicyclic amines) is 1. The van der Waals surface area contributed by atoms with Crippen LogP contribution in [0.15, 0.2) is 17.5 Å². The molecule has 0 aliphatic carbocycles. The van der Waals surface area contributed by atoms with Crippen LogP contribution >= 0.6 is 11.3 Å². The SMILES string of the molecule is O=C(CN1C(=O)CCCCC1=O)c1cccs1. The van der Waals surface area contributed by atoms with Crippen LogP contribution in [0.1, 0.15) is 35.4 Å². The summed E-state index contributed by atoms with van der Waals surface area (Å²) in [6, 6.07) is 3.49. The van der Waals surface area contributed by atoms with Gasteiger partial charge in [0.1, 0.15) is 0 Å². The number of Topliss-reactive ketones (excluding diaryl/α,β-unsaturated/α-hetero) is 1. The van der Waals surface area contributed by atoms with Crippen molar-refractivity contribution in [2.75, 3.05) is 6.54 Å². The molecule has 90 valence electrons. The third-order valence-corrected chi connectivity index (χ3v) is 3.64. The summed E-state index contributed by atoms with van der Waals surface area (Å²) in [6.45, 7) is -0.113. The van der Waals surface area contributed by atoms with Crippen molar-refractivity contribution in [1.82, 2.24) is 4.90 Å². The van der Waals surface area contributed by atoms with Crippen molar-refractivity contribution in [2.24, 2.45) is 0 Å². The summed E-state index contributed by atoms with van der Waals surface area (Å²) in [5.41, 5.74) is 0. The van der Waals surface area contributed by atoms with Crippen molar-refractivity contribution in [3.05, 3.63) is 22.4 Å². The number of ketones is 1. The Morgan fingerprint density at radius 3 is 2.41 bits per heavy atom. The third-order valence-electron chi connectivity index (χ3n) is 2.73. The average Bonchev–Trinajstić information content (AvgIpc) is 2.79. The van der Waals surface area contributed by atoms with Gasteiger partial charge in [-0.1, -0.05) is 6.07 Å². The molecule has 0 saturated carbocycles. The molecule has 17 heavy (non-hydrogen) atoms. The van der Waals surface area contributed by atoms with Crippen LogP contribution in [0.5, 0.6) is 0 Å². The number of nitrogens with zero attached hydrogens (tertiary/aromatic N) is 1. The van der Waals surface area contributed by atoms with E-state index in [2.05, 4.69) is 0 Å². The van der Waals surface area contributed by atoms with Gasteiger partial charge in [-0.3, -0.25) is 19.3 Å². The molecule has 5 heteroatoms. The van der Waals surface area contributed by atoms with Crippen molar-refractivity contribution in [1.29, 1.82) is 0 Å². The van der Waals surface area contributed by atoms with E-state index in [4.69, 9.17) is 0 Å². The van der Waals surface area contributed by atoms with E-state index < -0.39 is 0 Å². The van der Waals surface area contributed by atoms with Crippen LogP contribution in [0.4, 0.5) is 0 Å². The molecule has 1 aliphatic rings. The number of rotatable bonds is 3. The molecule has 1 aliphatic heterocycles. The number of carbonyl (C=O) groups excluding carboxylic acids is 3. The van der Waals surface area contributed by atoms with Gasteiger partial charge in [0.15, 0.2) is 5.78 Å². The average molecular weight is 251 g/mol. The second kappa shape index (κ2) is 5.23. The minimum atomic E-state index is -0.225. The standard InChI is InChI=1S/C12H13NO3S/c14-9(10-4-3-7-17-10)8-13-11(15)5-1-2-6-12(13)16/h3-4,7H,1-2,5-6,8H2. The van der Waals surface area contributed by atoms with Crippen molar-refractivity contribution >= 4 is 28.9 Å². The first-order chi connectivity index (χ1) is 8.18. The molecule has 0 aromatic carbocycles. The number of amides is 2. The highest BCUT2D eigenvalue weighted by molar-refractivity contribution is 7.12. The fourth-order valence-corrected chi connectivity index (χ4v) is 2.45. The molecule has 2 rings (SSSR count). The molecule has 0 unspecified atom stereocenters.